The molecule has 16 heavy (non-hydrogen) atoms. The third-order valence-corrected chi connectivity index (χ3v) is 3.07. The normalized spacial score (nSPS) is 15.5. The van der Waals surface area contributed by atoms with Gasteiger partial charge in [-0.3, -0.25) is 0 Å². The van der Waals surface area contributed by atoms with E-state index >= 15 is 0 Å². The zero-order chi connectivity index (χ0) is 11.1. The lowest BCUT2D eigenvalue weighted by Crippen LogP contribution is -2.11. The molecule has 0 aromatic carbocycles. The van der Waals surface area contributed by atoms with Gasteiger partial charge in [-0.25, -0.2) is 4.98 Å². The average Bonchev–Trinajstić information content (AvgIpc) is 2.98. The smallest absolute Gasteiger partial charge is 0.137 e. The Balaban J connectivity index is 1.99. The van der Waals surface area contributed by atoms with Crippen LogP contribution in [0.5, 0.6) is 0 Å². The number of pyridine rings is 1. The fourth-order valence-corrected chi connectivity index (χ4v) is 2.13. The topological polar surface area (TPSA) is 43.3 Å². The lowest BCUT2D eigenvalue weighted by atomic mass is 10.2. The summed E-state index contributed by atoms with van der Waals surface area (Å²) in [6.45, 7) is 0. The molecule has 3 nitrogen and oxygen atoms in total. The van der Waals surface area contributed by atoms with Crippen LogP contribution in [-0.2, 0) is 6.42 Å². The average molecular weight is 231 g/mol. The number of nitrogens with two attached hydrogens (primary N) is 1. The minimum absolute atomic E-state index is 0.492. The summed E-state index contributed by atoms with van der Waals surface area (Å²) >= 11 is 4.89. The van der Waals surface area contributed by atoms with E-state index in [2.05, 4.69) is 27.7 Å². The van der Waals surface area contributed by atoms with Gasteiger partial charge in [0, 0.05) is 18.8 Å². The molecule has 0 amide bonds. The van der Waals surface area contributed by atoms with Crippen LogP contribution in [0.4, 0.5) is 0 Å². The maximum Gasteiger partial charge on any atom is 0.137 e. The molecule has 0 spiro atoms. The SMILES string of the molecule is NC(=S)Cc1cn2cc(C3CC3)ccc2n1. The zero-order valence-corrected chi connectivity index (χ0v) is 9.70. The minimum Gasteiger partial charge on any atom is -0.393 e. The fraction of sp³-hybridized carbons (Fsp3) is 0.333. The van der Waals surface area contributed by atoms with E-state index in [9.17, 15) is 0 Å². The summed E-state index contributed by atoms with van der Waals surface area (Å²) in [5, 5.41) is 0. The monoisotopic (exact) mass is 231 g/mol. The second kappa shape index (κ2) is 3.56. The van der Waals surface area contributed by atoms with Crippen LogP contribution in [0.25, 0.3) is 5.65 Å². The van der Waals surface area contributed by atoms with Gasteiger partial charge in [-0.2, -0.15) is 0 Å². The molecule has 2 heterocycles. The molecule has 0 unspecified atom stereocenters. The molecule has 0 saturated heterocycles. The van der Waals surface area contributed by atoms with Crippen LogP contribution < -0.4 is 5.73 Å². The van der Waals surface area contributed by atoms with Crippen molar-refractivity contribution in [1.82, 2.24) is 9.38 Å². The molecule has 0 aliphatic heterocycles. The molecule has 2 aromatic heterocycles. The van der Waals surface area contributed by atoms with Crippen LogP contribution in [0, 0.1) is 0 Å². The lowest BCUT2D eigenvalue weighted by Gasteiger charge is -1.98. The Bertz CT molecular complexity index is 554. The quantitative estimate of drug-likeness (QED) is 0.822. The third kappa shape index (κ3) is 1.80. The van der Waals surface area contributed by atoms with Crippen LogP contribution >= 0.6 is 12.2 Å². The highest BCUT2D eigenvalue weighted by molar-refractivity contribution is 7.80. The first kappa shape index (κ1) is 9.78. The largest absolute Gasteiger partial charge is 0.393 e. The molecular weight excluding hydrogens is 218 g/mol. The number of rotatable bonds is 3. The van der Waals surface area contributed by atoms with E-state index in [4.69, 9.17) is 18.0 Å². The maximum absolute atomic E-state index is 5.52. The molecule has 0 atom stereocenters. The first-order chi connectivity index (χ1) is 7.72. The first-order valence-electron chi connectivity index (χ1n) is 5.48. The predicted octanol–water partition coefficient (Wildman–Crippen LogP) is 2.04. The van der Waals surface area contributed by atoms with Crippen molar-refractivity contribution in [2.24, 2.45) is 5.73 Å². The van der Waals surface area contributed by atoms with Crippen LogP contribution in [0.2, 0.25) is 0 Å². The van der Waals surface area contributed by atoms with Crippen molar-refractivity contribution in [2.45, 2.75) is 25.2 Å². The number of fused-ring (bicyclic) bond motifs is 1. The van der Waals surface area contributed by atoms with Gasteiger partial charge in [-0.05, 0) is 30.4 Å². The molecule has 82 valence electrons. The summed E-state index contributed by atoms with van der Waals surface area (Å²) in [5.41, 5.74) is 8.84. The molecule has 2 N–H and O–H groups in total. The molecule has 1 saturated carbocycles. The molecule has 2 aromatic rings. The van der Waals surface area contributed by atoms with E-state index in [1.807, 2.05) is 6.20 Å². The standard InChI is InChI=1S/C12H13N3S/c13-11(16)5-10-7-15-6-9(8-1-2-8)3-4-12(15)14-10/h3-4,6-8H,1-2,5H2,(H2,13,16). The molecular formula is C12H13N3S. The van der Waals surface area contributed by atoms with Crippen LogP contribution in [0.15, 0.2) is 24.5 Å². The summed E-state index contributed by atoms with van der Waals surface area (Å²) in [6, 6.07) is 4.24. The van der Waals surface area contributed by atoms with Gasteiger partial charge < -0.3 is 10.1 Å². The van der Waals surface area contributed by atoms with E-state index in [-0.39, 0.29) is 0 Å². The van der Waals surface area contributed by atoms with Gasteiger partial charge in [-0.15, -0.1) is 0 Å². The van der Waals surface area contributed by atoms with Crippen molar-refractivity contribution in [3.05, 3.63) is 35.8 Å². The Morgan fingerprint density at radius 3 is 2.94 bits per heavy atom. The number of hydrogen-bond acceptors (Lipinski definition) is 2. The maximum atomic E-state index is 5.52. The summed E-state index contributed by atoms with van der Waals surface area (Å²) in [4.78, 5) is 4.96. The van der Waals surface area contributed by atoms with E-state index in [1.165, 1.54) is 18.4 Å². The lowest BCUT2D eigenvalue weighted by molar-refractivity contribution is 1.06. The molecule has 3 rings (SSSR count). The highest BCUT2D eigenvalue weighted by atomic mass is 32.1. The predicted molar refractivity (Wildman–Crippen MR) is 67.7 cm³/mol. The Labute approximate surface area is 99.3 Å². The van der Waals surface area contributed by atoms with Crippen molar-refractivity contribution in [3.63, 3.8) is 0 Å². The van der Waals surface area contributed by atoms with Crippen LogP contribution in [0.1, 0.15) is 30.0 Å². The Kier molecular flexibility index (Phi) is 2.17. The van der Waals surface area contributed by atoms with Gasteiger partial charge in [0.15, 0.2) is 0 Å². The fourth-order valence-electron chi connectivity index (χ4n) is 1.98. The third-order valence-electron chi connectivity index (χ3n) is 2.93. The molecule has 4 heteroatoms. The van der Waals surface area contributed by atoms with Gasteiger partial charge >= 0.3 is 0 Å². The van der Waals surface area contributed by atoms with Crippen molar-refractivity contribution in [1.29, 1.82) is 0 Å². The van der Waals surface area contributed by atoms with Crippen LogP contribution in [0.3, 0.4) is 0 Å². The van der Waals surface area contributed by atoms with E-state index in [0.29, 0.717) is 11.4 Å². The van der Waals surface area contributed by atoms with Gasteiger partial charge in [0.2, 0.25) is 0 Å². The zero-order valence-electron chi connectivity index (χ0n) is 8.89. The second-order valence-corrected chi connectivity index (χ2v) is 4.90. The Hall–Kier alpha value is -1.42. The molecule has 0 bridgehead atoms. The second-order valence-electron chi connectivity index (χ2n) is 4.38. The molecule has 0 radical (unpaired) electrons. The van der Waals surface area contributed by atoms with Crippen LogP contribution in [-0.4, -0.2) is 14.4 Å². The molecule has 1 aliphatic rings. The van der Waals surface area contributed by atoms with E-state index in [0.717, 1.165) is 17.3 Å². The number of aromatic nitrogens is 2. The Morgan fingerprint density at radius 1 is 1.44 bits per heavy atom. The number of nitrogens with zero attached hydrogens (tertiary/aromatic N) is 2. The summed E-state index contributed by atoms with van der Waals surface area (Å²) < 4.78 is 2.07. The van der Waals surface area contributed by atoms with Gasteiger partial charge in [0.1, 0.15) is 5.65 Å². The minimum atomic E-state index is 0.492. The Morgan fingerprint density at radius 2 is 2.25 bits per heavy atom. The number of thiocarbonyl (C=S) groups is 1. The van der Waals surface area contributed by atoms with E-state index in [1.54, 1.807) is 0 Å². The van der Waals surface area contributed by atoms with Gasteiger partial charge in [-0.1, -0.05) is 18.3 Å². The van der Waals surface area contributed by atoms with Crippen molar-refractivity contribution in [3.8, 4) is 0 Å². The van der Waals surface area contributed by atoms with Gasteiger partial charge in [0.25, 0.3) is 0 Å². The van der Waals surface area contributed by atoms with Crippen molar-refractivity contribution >= 4 is 22.9 Å². The van der Waals surface area contributed by atoms with Crippen molar-refractivity contribution < 1.29 is 0 Å². The highest BCUT2D eigenvalue weighted by Crippen LogP contribution is 2.39. The highest BCUT2D eigenvalue weighted by Gasteiger charge is 2.23. The summed E-state index contributed by atoms with van der Waals surface area (Å²) in [6.07, 6.45) is 7.40. The first-order valence-corrected chi connectivity index (χ1v) is 5.89. The van der Waals surface area contributed by atoms with E-state index < -0.39 is 0 Å². The number of hydrogen-bond donors (Lipinski definition) is 1. The molecule has 1 fully saturated rings. The van der Waals surface area contributed by atoms with Crippen molar-refractivity contribution in [2.75, 3.05) is 0 Å². The number of imidazole rings is 1. The summed E-state index contributed by atoms with van der Waals surface area (Å²) in [5.74, 6) is 0.769. The van der Waals surface area contributed by atoms with Gasteiger partial charge in [0.05, 0.1) is 10.7 Å². The summed E-state index contributed by atoms with van der Waals surface area (Å²) in [7, 11) is 0. The molecule has 1 aliphatic carbocycles.